The highest BCUT2D eigenvalue weighted by Gasteiger charge is 2.14. The Morgan fingerprint density at radius 2 is 2.00 bits per heavy atom. The molecule has 1 aliphatic rings. The van der Waals surface area contributed by atoms with Gasteiger partial charge in [-0.1, -0.05) is 12.1 Å². The third-order valence-electron chi connectivity index (χ3n) is 3.12. The fourth-order valence-electron chi connectivity index (χ4n) is 1.94. The summed E-state index contributed by atoms with van der Waals surface area (Å²) in [7, 11) is 0. The zero-order valence-corrected chi connectivity index (χ0v) is 11.1. The van der Waals surface area contributed by atoms with Crippen LogP contribution in [0.2, 0.25) is 0 Å². The average Bonchev–Trinajstić information content (AvgIpc) is 2.96. The molecule has 6 N–H and O–H groups in total. The predicted molar refractivity (Wildman–Crippen MR) is 74.7 cm³/mol. The molecule has 1 aliphatic heterocycles. The molecular formula is C13H19N5O2. The van der Waals surface area contributed by atoms with Gasteiger partial charge in [0.2, 0.25) is 5.91 Å². The van der Waals surface area contributed by atoms with Crippen molar-refractivity contribution in [3.8, 4) is 0 Å². The summed E-state index contributed by atoms with van der Waals surface area (Å²) in [6.45, 7) is 1.90. The number of nitrogens with two attached hydrogens (primary N) is 1. The smallest absolute Gasteiger partial charge is 0.315 e. The van der Waals surface area contributed by atoms with E-state index in [0.717, 1.165) is 18.5 Å². The van der Waals surface area contributed by atoms with Crippen molar-refractivity contribution in [3.63, 3.8) is 0 Å². The van der Waals surface area contributed by atoms with Crippen molar-refractivity contribution in [2.75, 3.05) is 13.1 Å². The molecule has 0 bridgehead atoms. The van der Waals surface area contributed by atoms with E-state index in [9.17, 15) is 9.59 Å². The molecule has 1 fully saturated rings. The number of amides is 3. The van der Waals surface area contributed by atoms with Crippen LogP contribution in [0.1, 0.15) is 22.3 Å². The molecule has 0 aliphatic carbocycles. The topological polar surface area (TPSA) is 108 Å². The van der Waals surface area contributed by atoms with Gasteiger partial charge in [0, 0.05) is 31.2 Å². The minimum Gasteiger partial charge on any atom is -0.366 e. The number of primary amides is 1. The Balaban J connectivity index is 1.70. The van der Waals surface area contributed by atoms with Crippen LogP contribution in [0.15, 0.2) is 24.3 Å². The lowest BCUT2D eigenvalue weighted by molar-refractivity contribution is 0.1000. The highest BCUT2D eigenvalue weighted by Crippen LogP contribution is 2.03. The van der Waals surface area contributed by atoms with E-state index < -0.39 is 5.91 Å². The molecule has 0 radical (unpaired) electrons. The van der Waals surface area contributed by atoms with Crippen molar-refractivity contribution in [2.24, 2.45) is 5.73 Å². The predicted octanol–water partition coefficient (Wildman–Crippen LogP) is -0.549. The monoisotopic (exact) mass is 277 g/mol. The quantitative estimate of drug-likeness (QED) is 0.497. The van der Waals surface area contributed by atoms with Gasteiger partial charge < -0.3 is 16.4 Å². The van der Waals surface area contributed by atoms with E-state index in [0.29, 0.717) is 18.7 Å². The van der Waals surface area contributed by atoms with E-state index in [2.05, 4.69) is 21.5 Å². The number of carbonyl (C=O) groups excluding carboxylic acids is 2. The van der Waals surface area contributed by atoms with E-state index in [1.807, 2.05) is 0 Å². The highest BCUT2D eigenvalue weighted by atomic mass is 16.2. The molecule has 1 saturated heterocycles. The molecule has 0 saturated carbocycles. The van der Waals surface area contributed by atoms with Crippen molar-refractivity contribution in [3.05, 3.63) is 35.4 Å². The number of hydrogen-bond acceptors (Lipinski definition) is 4. The van der Waals surface area contributed by atoms with Crippen LogP contribution in [-0.2, 0) is 6.54 Å². The lowest BCUT2D eigenvalue weighted by Gasteiger charge is -2.12. The van der Waals surface area contributed by atoms with Crippen LogP contribution >= 0.6 is 0 Å². The van der Waals surface area contributed by atoms with Gasteiger partial charge in [0.25, 0.3) is 0 Å². The molecule has 0 aromatic heterocycles. The van der Waals surface area contributed by atoms with Crippen molar-refractivity contribution in [1.82, 2.24) is 21.5 Å². The molecule has 20 heavy (non-hydrogen) atoms. The van der Waals surface area contributed by atoms with Crippen LogP contribution in [0.25, 0.3) is 0 Å². The van der Waals surface area contributed by atoms with Gasteiger partial charge in [0.1, 0.15) is 0 Å². The summed E-state index contributed by atoms with van der Waals surface area (Å²) in [5.74, 6) is -0.458. The van der Waals surface area contributed by atoms with Gasteiger partial charge in [-0.3, -0.25) is 15.6 Å². The van der Waals surface area contributed by atoms with Gasteiger partial charge in [-0.25, -0.2) is 4.79 Å². The number of hydrogen-bond donors (Lipinski definition) is 5. The first kappa shape index (κ1) is 14.3. The Hall–Kier alpha value is -2.12. The number of urea groups is 1. The zero-order chi connectivity index (χ0) is 14.4. The van der Waals surface area contributed by atoms with E-state index in [1.165, 1.54) is 0 Å². The molecule has 2 rings (SSSR count). The van der Waals surface area contributed by atoms with Gasteiger partial charge in [0.15, 0.2) is 0 Å². The molecule has 3 amide bonds. The van der Waals surface area contributed by atoms with Gasteiger partial charge in [-0.05, 0) is 24.1 Å². The van der Waals surface area contributed by atoms with Gasteiger partial charge in [0.05, 0.1) is 0 Å². The van der Waals surface area contributed by atoms with Crippen molar-refractivity contribution >= 4 is 11.9 Å². The first-order valence-electron chi connectivity index (χ1n) is 6.54. The summed E-state index contributed by atoms with van der Waals surface area (Å²) in [5, 5.41) is 5.55. The minimum absolute atomic E-state index is 0.210. The van der Waals surface area contributed by atoms with Crippen LogP contribution < -0.4 is 27.2 Å². The second kappa shape index (κ2) is 6.88. The zero-order valence-electron chi connectivity index (χ0n) is 11.1. The van der Waals surface area contributed by atoms with Crippen molar-refractivity contribution in [1.29, 1.82) is 0 Å². The average molecular weight is 277 g/mol. The Labute approximate surface area is 117 Å². The maximum Gasteiger partial charge on any atom is 0.315 e. The second-order valence-corrected chi connectivity index (χ2v) is 4.68. The fourth-order valence-corrected chi connectivity index (χ4v) is 1.94. The van der Waals surface area contributed by atoms with E-state index in [1.54, 1.807) is 24.3 Å². The number of hydrazine groups is 1. The Morgan fingerprint density at radius 1 is 1.25 bits per heavy atom. The SMILES string of the molecule is NC(=O)c1ccc(CNC(=O)NCC2CCNN2)cc1. The molecular weight excluding hydrogens is 258 g/mol. The highest BCUT2D eigenvalue weighted by molar-refractivity contribution is 5.92. The second-order valence-electron chi connectivity index (χ2n) is 4.68. The summed E-state index contributed by atoms with van der Waals surface area (Å²) in [6.07, 6.45) is 0.995. The minimum atomic E-state index is -0.458. The molecule has 1 atom stereocenters. The Bertz CT molecular complexity index is 468. The third-order valence-corrected chi connectivity index (χ3v) is 3.12. The number of nitrogens with one attached hydrogen (secondary N) is 4. The number of carbonyl (C=O) groups is 2. The first-order valence-corrected chi connectivity index (χ1v) is 6.54. The van der Waals surface area contributed by atoms with Crippen molar-refractivity contribution in [2.45, 2.75) is 19.0 Å². The largest absolute Gasteiger partial charge is 0.366 e. The van der Waals surface area contributed by atoms with E-state index >= 15 is 0 Å². The lowest BCUT2D eigenvalue weighted by Crippen LogP contribution is -2.43. The van der Waals surface area contributed by atoms with Gasteiger partial charge >= 0.3 is 6.03 Å². The van der Waals surface area contributed by atoms with E-state index in [4.69, 9.17) is 5.73 Å². The molecule has 0 spiro atoms. The third kappa shape index (κ3) is 4.22. The van der Waals surface area contributed by atoms with E-state index in [-0.39, 0.29) is 12.1 Å². The summed E-state index contributed by atoms with van der Waals surface area (Å²) < 4.78 is 0. The number of benzene rings is 1. The summed E-state index contributed by atoms with van der Waals surface area (Å²) >= 11 is 0. The van der Waals surface area contributed by atoms with Crippen LogP contribution in [0, 0.1) is 0 Å². The summed E-state index contributed by atoms with van der Waals surface area (Å²) in [5.41, 5.74) is 12.6. The molecule has 7 nitrogen and oxygen atoms in total. The molecule has 108 valence electrons. The van der Waals surface area contributed by atoms with Gasteiger partial charge in [-0.2, -0.15) is 0 Å². The standard InChI is InChI=1S/C13H19N5O2/c14-12(19)10-3-1-9(2-4-10)7-15-13(20)16-8-11-5-6-17-18-11/h1-4,11,17-18H,5-8H2,(H2,14,19)(H2,15,16,20). The van der Waals surface area contributed by atoms with Crippen LogP contribution in [0.5, 0.6) is 0 Å². The summed E-state index contributed by atoms with van der Waals surface area (Å²) in [4.78, 5) is 22.5. The van der Waals surface area contributed by atoms with Crippen molar-refractivity contribution < 1.29 is 9.59 Å². The maximum absolute atomic E-state index is 11.6. The molecule has 1 unspecified atom stereocenters. The normalized spacial score (nSPS) is 17.7. The molecule has 1 heterocycles. The first-order chi connectivity index (χ1) is 9.65. The molecule has 1 aromatic rings. The van der Waals surface area contributed by atoms with Crippen LogP contribution in [0.4, 0.5) is 4.79 Å². The summed E-state index contributed by atoms with van der Waals surface area (Å²) in [6, 6.07) is 6.89. The lowest BCUT2D eigenvalue weighted by atomic mass is 10.1. The van der Waals surface area contributed by atoms with Crippen LogP contribution in [0.3, 0.4) is 0 Å². The number of rotatable bonds is 5. The van der Waals surface area contributed by atoms with Crippen LogP contribution in [-0.4, -0.2) is 31.1 Å². The molecule has 7 heteroatoms. The Kier molecular flexibility index (Phi) is 4.91. The molecule has 1 aromatic carbocycles. The van der Waals surface area contributed by atoms with Gasteiger partial charge in [-0.15, -0.1) is 0 Å². The fraction of sp³-hybridized carbons (Fsp3) is 0.385. The Morgan fingerprint density at radius 3 is 2.60 bits per heavy atom. The maximum atomic E-state index is 11.6.